The SMILES string of the molecule is CCn1cc(N)c(=O)n(Cc2ccc(OC)c(F)c2)c1=O. The summed E-state index contributed by atoms with van der Waals surface area (Å²) in [5.74, 6) is -0.451. The molecule has 7 heteroatoms. The van der Waals surface area contributed by atoms with Crippen LogP contribution in [0, 0.1) is 5.82 Å². The summed E-state index contributed by atoms with van der Waals surface area (Å²) < 4.78 is 20.8. The Balaban J connectivity index is 2.49. The molecule has 0 unspecified atom stereocenters. The third-order valence-corrected chi connectivity index (χ3v) is 3.16. The van der Waals surface area contributed by atoms with E-state index in [1.165, 1.54) is 30.0 Å². The lowest BCUT2D eigenvalue weighted by molar-refractivity contribution is 0.386. The molecular formula is C14H16FN3O3. The highest BCUT2D eigenvalue weighted by Gasteiger charge is 2.10. The van der Waals surface area contributed by atoms with Gasteiger partial charge in [-0.25, -0.2) is 9.18 Å². The summed E-state index contributed by atoms with van der Waals surface area (Å²) in [6, 6.07) is 4.26. The van der Waals surface area contributed by atoms with Crippen molar-refractivity contribution in [2.45, 2.75) is 20.0 Å². The van der Waals surface area contributed by atoms with E-state index in [1.54, 1.807) is 13.0 Å². The van der Waals surface area contributed by atoms with Crippen molar-refractivity contribution in [2.75, 3.05) is 12.8 Å². The van der Waals surface area contributed by atoms with Crippen molar-refractivity contribution in [1.82, 2.24) is 9.13 Å². The molecule has 0 spiro atoms. The molecule has 2 rings (SSSR count). The van der Waals surface area contributed by atoms with Crippen LogP contribution in [0.1, 0.15) is 12.5 Å². The number of anilines is 1. The molecule has 0 atom stereocenters. The van der Waals surface area contributed by atoms with Gasteiger partial charge in [-0.15, -0.1) is 0 Å². The average molecular weight is 293 g/mol. The fourth-order valence-corrected chi connectivity index (χ4v) is 2.03. The van der Waals surface area contributed by atoms with Gasteiger partial charge in [0.05, 0.1) is 13.7 Å². The highest BCUT2D eigenvalue weighted by molar-refractivity contribution is 5.32. The molecular weight excluding hydrogens is 277 g/mol. The molecule has 6 nitrogen and oxygen atoms in total. The van der Waals surface area contributed by atoms with Gasteiger partial charge in [0.15, 0.2) is 11.6 Å². The normalized spacial score (nSPS) is 10.6. The first-order chi connectivity index (χ1) is 9.97. The number of methoxy groups -OCH3 is 1. The first-order valence-corrected chi connectivity index (χ1v) is 6.40. The van der Waals surface area contributed by atoms with E-state index < -0.39 is 17.1 Å². The molecule has 21 heavy (non-hydrogen) atoms. The standard InChI is InChI=1S/C14H16FN3O3/c1-3-17-8-11(16)13(19)18(14(17)20)7-9-4-5-12(21-2)10(15)6-9/h4-6,8H,3,7,16H2,1-2H3. The van der Waals surface area contributed by atoms with Gasteiger partial charge in [0.25, 0.3) is 5.56 Å². The van der Waals surface area contributed by atoms with Gasteiger partial charge in [-0.2, -0.15) is 0 Å². The molecule has 0 fully saturated rings. The van der Waals surface area contributed by atoms with E-state index in [1.807, 2.05) is 0 Å². The Morgan fingerprint density at radius 2 is 2.05 bits per heavy atom. The molecule has 2 N–H and O–H groups in total. The number of aryl methyl sites for hydroxylation is 1. The number of hydrogen-bond acceptors (Lipinski definition) is 4. The number of halogens is 1. The first-order valence-electron chi connectivity index (χ1n) is 6.40. The summed E-state index contributed by atoms with van der Waals surface area (Å²) in [4.78, 5) is 24.1. The zero-order valence-electron chi connectivity index (χ0n) is 11.8. The monoisotopic (exact) mass is 293 g/mol. The number of nitrogen functional groups attached to an aromatic ring is 1. The highest BCUT2D eigenvalue weighted by atomic mass is 19.1. The van der Waals surface area contributed by atoms with E-state index in [4.69, 9.17) is 10.5 Å². The Hall–Kier alpha value is -2.57. The molecule has 0 bridgehead atoms. The van der Waals surface area contributed by atoms with E-state index in [-0.39, 0.29) is 18.0 Å². The maximum Gasteiger partial charge on any atom is 0.331 e. The zero-order chi connectivity index (χ0) is 15.6. The first kappa shape index (κ1) is 14.8. The van der Waals surface area contributed by atoms with Crippen LogP contribution < -0.4 is 21.7 Å². The second-order valence-electron chi connectivity index (χ2n) is 4.51. The lowest BCUT2D eigenvalue weighted by atomic mass is 10.2. The zero-order valence-corrected chi connectivity index (χ0v) is 11.8. The van der Waals surface area contributed by atoms with Crippen molar-refractivity contribution >= 4 is 5.69 Å². The highest BCUT2D eigenvalue weighted by Crippen LogP contribution is 2.17. The molecule has 1 heterocycles. The minimum Gasteiger partial charge on any atom is -0.494 e. The molecule has 0 radical (unpaired) electrons. The van der Waals surface area contributed by atoms with Crippen LogP contribution in [-0.2, 0) is 13.1 Å². The van der Waals surface area contributed by atoms with Crippen LogP contribution in [0.4, 0.5) is 10.1 Å². The molecule has 0 saturated heterocycles. The van der Waals surface area contributed by atoms with Crippen LogP contribution in [0.2, 0.25) is 0 Å². The molecule has 112 valence electrons. The van der Waals surface area contributed by atoms with E-state index >= 15 is 0 Å². The second-order valence-corrected chi connectivity index (χ2v) is 4.51. The molecule has 2 aromatic rings. The number of hydrogen-bond donors (Lipinski definition) is 1. The number of rotatable bonds is 4. The topological polar surface area (TPSA) is 79.2 Å². The fourth-order valence-electron chi connectivity index (χ4n) is 2.03. The third-order valence-electron chi connectivity index (χ3n) is 3.16. The summed E-state index contributed by atoms with van der Waals surface area (Å²) in [5.41, 5.74) is 5.00. The Labute approximate surface area is 120 Å². The van der Waals surface area contributed by atoms with Crippen molar-refractivity contribution in [3.63, 3.8) is 0 Å². The van der Waals surface area contributed by atoms with Crippen LogP contribution in [0.3, 0.4) is 0 Å². The van der Waals surface area contributed by atoms with E-state index in [9.17, 15) is 14.0 Å². The summed E-state index contributed by atoms with van der Waals surface area (Å²) in [5, 5.41) is 0. The van der Waals surface area contributed by atoms with Crippen LogP contribution in [0.5, 0.6) is 5.75 Å². The number of benzene rings is 1. The van der Waals surface area contributed by atoms with Crippen LogP contribution in [0.25, 0.3) is 0 Å². The van der Waals surface area contributed by atoms with Crippen molar-refractivity contribution in [3.8, 4) is 5.75 Å². The van der Waals surface area contributed by atoms with Crippen LogP contribution in [0.15, 0.2) is 34.0 Å². The second kappa shape index (κ2) is 5.82. The number of nitrogens with two attached hydrogens (primary N) is 1. The Bertz CT molecular complexity index is 780. The molecule has 0 aliphatic rings. The Morgan fingerprint density at radius 1 is 1.33 bits per heavy atom. The van der Waals surface area contributed by atoms with E-state index in [0.717, 1.165) is 4.57 Å². The smallest absolute Gasteiger partial charge is 0.331 e. The van der Waals surface area contributed by atoms with Gasteiger partial charge < -0.3 is 10.5 Å². The van der Waals surface area contributed by atoms with Gasteiger partial charge in [-0.3, -0.25) is 13.9 Å². The Kier molecular flexibility index (Phi) is 4.11. The third kappa shape index (κ3) is 2.81. The minimum atomic E-state index is -0.582. The largest absolute Gasteiger partial charge is 0.494 e. The summed E-state index contributed by atoms with van der Waals surface area (Å²) in [6.07, 6.45) is 1.32. The Morgan fingerprint density at radius 3 is 2.62 bits per heavy atom. The maximum atomic E-state index is 13.7. The molecule has 0 aliphatic carbocycles. The average Bonchev–Trinajstić information content (AvgIpc) is 2.47. The number of aromatic nitrogens is 2. The number of ether oxygens (including phenoxy) is 1. The van der Waals surface area contributed by atoms with Gasteiger partial charge in [0.2, 0.25) is 0 Å². The van der Waals surface area contributed by atoms with Gasteiger partial charge in [0.1, 0.15) is 5.69 Å². The van der Waals surface area contributed by atoms with Crippen molar-refractivity contribution in [3.05, 3.63) is 56.6 Å². The summed E-state index contributed by atoms with van der Waals surface area (Å²) in [6.45, 7) is 2.10. The molecule has 0 saturated carbocycles. The minimum absolute atomic E-state index is 0.0227. The van der Waals surface area contributed by atoms with Crippen molar-refractivity contribution < 1.29 is 9.13 Å². The lowest BCUT2D eigenvalue weighted by Crippen LogP contribution is -2.40. The lowest BCUT2D eigenvalue weighted by Gasteiger charge is -2.11. The molecule has 0 amide bonds. The fraction of sp³-hybridized carbons (Fsp3) is 0.286. The molecule has 0 aliphatic heterocycles. The van der Waals surface area contributed by atoms with Crippen molar-refractivity contribution in [1.29, 1.82) is 0 Å². The quantitative estimate of drug-likeness (QED) is 0.904. The molecule has 1 aromatic heterocycles. The van der Waals surface area contributed by atoms with Crippen molar-refractivity contribution in [2.24, 2.45) is 0 Å². The van der Waals surface area contributed by atoms with Gasteiger partial charge in [-0.05, 0) is 24.6 Å². The maximum absolute atomic E-state index is 13.7. The number of nitrogens with zero attached hydrogens (tertiary/aromatic N) is 2. The molecule has 1 aromatic carbocycles. The van der Waals surface area contributed by atoms with Crippen LogP contribution in [-0.4, -0.2) is 16.2 Å². The predicted octanol–water partition coefficient (Wildman–Crippen LogP) is 0.808. The van der Waals surface area contributed by atoms with E-state index in [2.05, 4.69) is 0 Å². The van der Waals surface area contributed by atoms with Gasteiger partial charge >= 0.3 is 5.69 Å². The van der Waals surface area contributed by atoms with E-state index in [0.29, 0.717) is 12.1 Å². The summed E-state index contributed by atoms with van der Waals surface area (Å²) >= 11 is 0. The van der Waals surface area contributed by atoms with Crippen LogP contribution >= 0.6 is 0 Å². The van der Waals surface area contributed by atoms with Gasteiger partial charge in [-0.1, -0.05) is 6.07 Å². The summed E-state index contributed by atoms with van der Waals surface area (Å²) in [7, 11) is 1.36. The predicted molar refractivity (Wildman–Crippen MR) is 77.1 cm³/mol. The van der Waals surface area contributed by atoms with Gasteiger partial charge in [0, 0.05) is 12.7 Å².